The number of carboxylic acid groups (broad SMARTS) is 1. The van der Waals surface area contributed by atoms with Gasteiger partial charge >= 0.3 is 5.97 Å². The summed E-state index contributed by atoms with van der Waals surface area (Å²) in [4.78, 5) is 13.8. The molecule has 1 aromatic carbocycles. The SMILES string of the molecule is CC1CCCN(Cc2c(C(=O)O)oc3c(Cl)cccc23)C1. The quantitative estimate of drug-likeness (QED) is 0.930. The molecule has 0 saturated carbocycles. The minimum Gasteiger partial charge on any atom is -0.475 e. The number of likely N-dealkylation sites (tertiary alicyclic amines) is 1. The van der Waals surface area contributed by atoms with Crippen molar-refractivity contribution in [2.75, 3.05) is 13.1 Å². The van der Waals surface area contributed by atoms with Crippen molar-refractivity contribution in [2.24, 2.45) is 5.92 Å². The fourth-order valence-corrected chi connectivity index (χ4v) is 3.33. The average Bonchev–Trinajstić information content (AvgIpc) is 2.80. The summed E-state index contributed by atoms with van der Waals surface area (Å²) in [6, 6.07) is 5.42. The molecule has 4 nitrogen and oxygen atoms in total. The van der Waals surface area contributed by atoms with Crippen LogP contribution < -0.4 is 0 Å². The van der Waals surface area contributed by atoms with Crippen LogP contribution in [0.25, 0.3) is 11.0 Å². The van der Waals surface area contributed by atoms with Crippen molar-refractivity contribution >= 4 is 28.5 Å². The topological polar surface area (TPSA) is 53.7 Å². The first-order valence-corrected chi connectivity index (χ1v) is 7.59. The van der Waals surface area contributed by atoms with Gasteiger partial charge in [0.2, 0.25) is 5.76 Å². The van der Waals surface area contributed by atoms with E-state index >= 15 is 0 Å². The van der Waals surface area contributed by atoms with Crippen molar-refractivity contribution in [1.82, 2.24) is 4.90 Å². The zero-order chi connectivity index (χ0) is 15.0. The molecular formula is C16H18ClNO3. The second-order valence-corrected chi connectivity index (χ2v) is 6.22. The molecule has 0 amide bonds. The number of hydrogen-bond donors (Lipinski definition) is 1. The van der Waals surface area contributed by atoms with Crippen molar-refractivity contribution in [3.05, 3.63) is 34.5 Å². The number of benzene rings is 1. The standard InChI is InChI=1S/C16H18ClNO3/c1-10-4-3-7-18(8-10)9-12-11-5-2-6-13(17)14(11)21-15(12)16(19)20/h2,5-6,10H,3-4,7-9H2,1H3,(H,19,20). The number of halogens is 1. The van der Waals surface area contributed by atoms with Crippen molar-refractivity contribution in [1.29, 1.82) is 0 Å². The first-order valence-electron chi connectivity index (χ1n) is 7.22. The molecule has 1 saturated heterocycles. The molecule has 1 aromatic heterocycles. The van der Waals surface area contributed by atoms with Crippen molar-refractivity contribution < 1.29 is 14.3 Å². The van der Waals surface area contributed by atoms with E-state index in [1.165, 1.54) is 6.42 Å². The van der Waals surface area contributed by atoms with Gasteiger partial charge in [-0.1, -0.05) is 30.7 Å². The molecule has 112 valence electrons. The molecule has 21 heavy (non-hydrogen) atoms. The molecule has 1 fully saturated rings. The molecule has 0 bridgehead atoms. The van der Waals surface area contributed by atoms with Crippen LogP contribution in [0.2, 0.25) is 5.02 Å². The van der Waals surface area contributed by atoms with Gasteiger partial charge in [0.15, 0.2) is 5.58 Å². The van der Waals surface area contributed by atoms with Gasteiger partial charge in [0.05, 0.1) is 5.02 Å². The number of fused-ring (bicyclic) bond motifs is 1. The summed E-state index contributed by atoms with van der Waals surface area (Å²) in [7, 11) is 0. The van der Waals surface area contributed by atoms with Gasteiger partial charge in [-0.25, -0.2) is 4.79 Å². The highest BCUT2D eigenvalue weighted by Crippen LogP contribution is 2.32. The van der Waals surface area contributed by atoms with E-state index in [1.807, 2.05) is 12.1 Å². The van der Waals surface area contributed by atoms with E-state index in [9.17, 15) is 9.90 Å². The molecule has 0 aliphatic carbocycles. The highest BCUT2D eigenvalue weighted by Gasteiger charge is 2.24. The lowest BCUT2D eigenvalue weighted by Gasteiger charge is -2.30. The summed E-state index contributed by atoms with van der Waals surface area (Å²) >= 11 is 6.11. The highest BCUT2D eigenvalue weighted by atomic mass is 35.5. The maximum atomic E-state index is 11.5. The summed E-state index contributed by atoms with van der Waals surface area (Å²) in [6.45, 7) is 4.82. The number of furan rings is 1. The van der Waals surface area contributed by atoms with E-state index < -0.39 is 5.97 Å². The predicted octanol–water partition coefficient (Wildman–Crippen LogP) is 4.02. The zero-order valence-corrected chi connectivity index (χ0v) is 12.7. The van der Waals surface area contributed by atoms with E-state index in [-0.39, 0.29) is 5.76 Å². The van der Waals surface area contributed by atoms with E-state index in [2.05, 4.69) is 11.8 Å². The van der Waals surface area contributed by atoms with E-state index in [0.29, 0.717) is 23.1 Å². The van der Waals surface area contributed by atoms with Crippen LogP contribution in [0.3, 0.4) is 0 Å². The Kier molecular flexibility index (Phi) is 3.91. The van der Waals surface area contributed by atoms with Crippen molar-refractivity contribution in [3.63, 3.8) is 0 Å². The largest absolute Gasteiger partial charge is 0.475 e. The summed E-state index contributed by atoms with van der Waals surface area (Å²) in [5.74, 6) is -0.382. The zero-order valence-electron chi connectivity index (χ0n) is 11.9. The number of carboxylic acids is 1. The number of aromatic carboxylic acids is 1. The summed E-state index contributed by atoms with van der Waals surface area (Å²) in [5, 5.41) is 10.6. The van der Waals surface area contributed by atoms with Crippen LogP contribution in [0.15, 0.2) is 22.6 Å². The van der Waals surface area contributed by atoms with Gasteiger partial charge in [-0.2, -0.15) is 0 Å². The summed E-state index contributed by atoms with van der Waals surface area (Å²) in [5.41, 5.74) is 1.20. The van der Waals surface area contributed by atoms with Crippen molar-refractivity contribution in [3.8, 4) is 0 Å². The Morgan fingerprint density at radius 1 is 1.52 bits per heavy atom. The first kappa shape index (κ1) is 14.4. The van der Waals surface area contributed by atoms with Gasteiger partial charge in [-0.05, 0) is 31.4 Å². The fourth-order valence-electron chi connectivity index (χ4n) is 3.12. The van der Waals surface area contributed by atoms with Crippen LogP contribution >= 0.6 is 11.6 Å². The second-order valence-electron chi connectivity index (χ2n) is 5.81. The Balaban J connectivity index is 2.01. The number of hydrogen-bond acceptors (Lipinski definition) is 3. The monoisotopic (exact) mass is 307 g/mol. The van der Waals surface area contributed by atoms with Crippen LogP contribution in [-0.4, -0.2) is 29.1 Å². The smallest absolute Gasteiger partial charge is 0.372 e. The first-order chi connectivity index (χ1) is 10.1. The average molecular weight is 308 g/mol. The lowest BCUT2D eigenvalue weighted by atomic mass is 9.99. The molecule has 2 heterocycles. The molecule has 2 aromatic rings. The number of piperidine rings is 1. The molecule has 1 aliphatic heterocycles. The molecule has 1 N–H and O–H groups in total. The Labute approximate surface area is 128 Å². The Bertz CT molecular complexity index is 679. The summed E-state index contributed by atoms with van der Waals surface area (Å²) < 4.78 is 5.50. The van der Waals surface area contributed by atoms with Gasteiger partial charge in [-0.15, -0.1) is 0 Å². The van der Waals surface area contributed by atoms with Gasteiger partial charge in [0, 0.05) is 24.0 Å². The van der Waals surface area contributed by atoms with Gasteiger partial charge in [-0.3, -0.25) is 4.90 Å². The number of carbonyl (C=O) groups is 1. The Hall–Kier alpha value is -1.52. The third-order valence-electron chi connectivity index (χ3n) is 4.09. The third-order valence-corrected chi connectivity index (χ3v) is 4.39. The third kappa shape index (κ3) is 2.78. The molecule has 1 unspecified atom stereocenters. The molecule has 5 heteroatoms. The minimum absolute atomic E-state index is 0.0105. The summed E-state index contributed by atoms with van der Waals surface area (Å²) in [6.07, 6.45) is 2.39. The molecule has 1 aliphatic rings. The van der Waals surface area contributed by atoms with Gasteiger partial charge < -0.3 is 9.52 Å². The number of rotatable bonds is 3. The van der Waals surface area contributed by atoms with Crippen LogP contribution in [0, 0.1) is 5.92 Å². The maximum Gasteiger partial charge on any atom is 0.372 e. The lowest BCUT2D eigenvalue weighted by Crippen LogP contribution is -2.34. The highest BCUT2D eigenvalue weighted by molar-refractivity contribution is 6.35. The lowest BCUT2D eigenvalue weighted by molar-refractivity contribution is 0.0660. The number of nitrogens with zero attached hydrogens (tertiary/aromatic N) is 1. The van der Waals surface area contributed by atoms with Gasteiger partial charge in [0.1, 0.15) is 0 Å². The van der Waals surface area contributed by atoms with Crippen LogP contribution in [0.4, 0.5) is 0 Å². The van der Waals surface area contributed by atoms with Crippen LogP contribution in [-0.2, 0) is 6.54 Å². The normalized spacial score (nSPS) is 20.0. The van der Waals surface area contributed by atoms with E-state index in [0.717, 1.165) is 30.5 Å². The molecule has 0 radical (unpaired) electrons. The van der Waals surface area contributed by atoms with Crippen LogP contribution in [0.1, 0.15) is 35.9 Å². The van der Waals surface area contributed by atoms with E-state index in [1.54, 1.807) is 6.07 Å². The second kappa shape index (κ2) is 5.70. The number of para-hydroxylation sites is 1. The Morgan fingerprint density at radius 2 is 2.33 bits per heavy atom. The molecule has 0 spiro atoms. The Morgan fingerprint density at radius 3 is 3.05 bits per heavy atom. The maximum absolute atomic E-state index is 11.5. The molecule has 1 atom stereocenters. The minimum atomic E-state index is -1.04. The van der Waals surface area contributed by atoms with Crippen molar-refractivity contribution in [2.45, 2.75) is 26.3 Å². The molecular weight excluding hydrogens is 290 g/mol. The molecule has 3 rings (SSSR count). The van der Waals surface area contributed by atoms with E-state index in [4.69, 9.17) is 16.0 Å². The van der Waals surface area contributed by atoms with Gasteiger partial charge in [0.25, 0.3) is 0 Å². The van der Waals surface area contributed by atoms with Crippen LogP contribution in [0.5, 0.6) is 0 Å². The predicted molar refractivity (Wildman–Crippen MR) is 81.9 cm³/mol. The fraction of sp³-hybridized carbons (Fsp3) is 0.438.